The Balaban J connectivity index is 0.000000211. The van der Waals surface area contributed by atoms with Crippen LogP contribution in [0, 0.1) is 0 Å². The van der Waals surface area contributed by atoms with Crippen LogP contribution >= 0.6 is 31.9 Å². The molecule has 0 aliphatic heterocycles. The lowest BCUT2D eigenvalue weighted by molar-refractivity contribution is 0.384. The van der Waals surface area contributed by atoms with E-state index in [1.807, 2.05) is 0 Å². The number of nitrogens with zero attached hydrogens (tertiary/aromatic N) is 2. The molecule has 0 atom stereocenters. The molecule has 2 aromatic heterocycles. The first-order valence-electron chi connectivity index (χ1n) is 5.63. The molecule has 0 bridgehead atoms. The first-order valence-corrected chi connectivity index (χ1v) is 7.22. The Labute approximate surface area is 139 Å². The van der Waals surface area contributed by atoms with Gasteiger partial charge in [0.25, 0.3) is 0 Å². The molecule has 2 aromatic rings. The smallest absolute Gasteiger partial charge is 0.227 e. The van der Waals surface area contributed by atoms with Gasteiger partial charge in [-0.05, 0) is 31.9 Å². The summed E-state index contributed by atoms with van der Waals surface area (Å²) < 4.78 is 16.1. The van der Waals surface area contributed by atoms with Crippen LogP contribution in [-0.2, 0) is 0 Å². The minimum absolute atomic E-state index is 0.118. The molecule has 0 spiro atoms. The summed E-state index contributed by atoms with van der Waals surface area (Å²) in [5.74, 6) is 1.86. The van der Waals surface area contributed by atoms with Gasteiger partial charge in [-0.1, -0.05) is 0 Å². The zero-order valence-corrected chi connectivity index (χ0v) is 14.8. The highest BCUT2D eigenvalue weighted by Gasteiger charge is 2.01. The molecule has 8 heteroatoms. The molecule has 6 nitrogen and oxygen atoms in total. The largest absolute Gasteiger partial charge is 0.506 e. The molecule has 0 aliphatic rings. The summed E-state index contributed by atoms with van der Waals surface area (Å²) in [5, 5.41) is 8.88. The standard InChI is InChI=1S/C7H8BrNO2.C6H6BrNO2/c1-10-5-3-6(8)7(11-2)9-4-5;1-10-6-5(7)2-4(9)3-8-6/h3-4H,1-2H3;2-3,9H,1H3. The maximum Gasteiger partial charge on any atom is 0.227 e. The lowest BCUT2D eigenvalue weighted by atomic mass is 10.4. The van der Waals surface area contributed by atoms with Crippen molar-refractivity contribution in [2.75, 3.05) is 21.3 Å². The molecule has 0 fully saturated rings. The van der Waals surface area contributed by atoms with E-state index in [9.17, 15) is 0 Å². The average molecular weight is 422 g/mol. The zero-order valence-electron chi connectivity index (χ0n) is 11.6. The lowest BCUT2D eigenvalue weighted by Gasteiger charge is -2.03. The van der Waals surface area contributed by atoms with Crippen molar-refractivity contribution in [2.24, 2.45) is 0 Å². The third-order valence-electron chi connectivity index (χ3n) is 2.20. The maximum absolute atomic E-state index is 8.88. The van der Waals surface area contributed by atoms with Crippen molar-refractivity contribution in [1.29, 1.82) is 0 Å². The summed E-state index contributed by atoms with van der Waals surface area (Å²) in [7, 11) is 4.68. The van der Waals surface area contributed by atoms with Gasteiger partial charge in [0, 0.05) is 12.1 Å². The van der Waals surface area contributed by atoms with Gasteiger partial charge in [-0.25, -0.2) is 9.97 Å². The number of pyridine rings is 2. The van der Waals surface area contributed by atoms with Gasteiger partial charge in [-0.3, -0.25) is 0 Å². The molecule has 0 radical (unpaired) electrons. The maximum atomic E-state index is 8.88. The molecule has 2 heterocycles. The minimum atomic E-state index is 0.118. The summed E-state index contributed by atoms with van der Waals surface area (Å²) in [6, 6.07) is 3.32. The van der Waals surface area contributed by atoms with E-state index in [1.54, 1.807) is 26.5 Å². The van der Waals surface area contributed by atoms with E-state index in [4.69, 9.17) is 19.3 Å². The molecule has 21 heavy (non-hydrogen) atoms. The van der Waals surface area contributed by atoms with E-state index in [-0.39, 0.29) is 5.75 Å². The number of aromatic hydroxyl groups is 1. The molecular weight excluding hydrogens is 408 g/mol. The third-order valence-corrected chi connectivity index (χ3v) is 3.33. The van der Waals surface area contributed by atoms with Gasteiger partial charge in [-0.15, -0.1) is 0 Å². The second-order valence-electron chi connectivity index (χ2n) is 3.55. The third kappa shape index (κ3) is 5.39. The monoisotopic (exact) mass is 420 g/mol. The van der Waals surface area contributed by atoms with Crippen LogP contribution in [0.25, 0.3) is 0 Å². The predicted octanol–water partition coefficient (Wildman–Crippen LogP) is 3.42. The number of halogens is 2. The number of hydrogen-bond acceptors (Lipinski definition) is 6. The van der Waals surface area contributed by atoms with Crippen LogP contribution in [0.2, 0.25) is 0 Å². The first kappa shape index (κ1) is 17.5. The van der Waals surface area contributed by atoms with Crippen LogP contribution in [0.3, 0.4) is 0 Å². The van der Waals surface area contributed by atoms with Crippen LogP contribution in [-0.4, -0.2) is 36.4 Å². The molecule has 0 aliphatic carbocycles. The van der Waals surface area contributed by atoms with E-state index >= 15 is 0 Å². The Morgan fingerprint density at radius 2 is 1.38 bits per heavy atom. The van der Waals surface area contributed by atoms with Gasteiger partial charge >= 0.3 is 0 Å². The fourth-order valence-electron chi connectivity index (χ4n) is 1.24. The fraction of sp³-hybridized carbons (Fsp3) is 0.231. The van der Waals surface area contributed by atoms with E-state index in [0.29, 0.717) is 22.0 Å². The Bertz CT molecular complexity index is 596. The molecule has 0 aromatic carbocycles. The molecule has 1 N–H and O–H groups in total. The Kier molecular flexibility index (Phi) is 7.24. The van der Waals surface area contributed by atoms with Crippen LogP contribution in [0.15, 0.2) is 33.5 Å². The highest BCUT2D eigenvalue weighted by atomic mass is 79.9. The Morgan fingerprint density at radius 3 is 1.81 bits per heavy atom. The average Bonchev–Trinajstić information content (AvgIpc) is 2.48. The first-order chi connectivity index (χ1) is 10.0. The summed E-state index contributed by atoms with van der Waals surface area (Å²) in [5.41, 5.74) is 0. The van der Waals surface area contributed by atoms with Crippen LogP contribution < -0.4 is 14.2 Å². The van der Waals surface area contributed by atoms with Gasteiger partial charge < -0.3 is 19.3 Å². The van der Waals surface area contributed by atoms with Crippen molar-refractivity contribution in [3.63, 3.8) is 0 Å². The van der Waals surface area contributed by atoms with Gasteiger partial charge in [0.2, 0.25) is 11.8 Å². The molecule has 0 unspecified atom stereocenters. The van der Waals surface area contributed by atoms with E-state index in [2.05, 4.69) is 41.8 Å². The van der Waals surface area contributed by atoms with Gasteiger partial charge in [-0.2, -0.15) is 0 Å². The summed E-state index contributed by atoms with van der Waals surface area (Å²) in [6.07, 6.45) is 2.92. The van der Waals surface area contributed by atoms with Gasteiger partial charge in [0.15, 0.2) is 0 Å². The highest BCUT2D eigenvalue weighted by Crippen LogP contribution is 2.25. The van der Waals surface area contributed by atoms with Crippen LogP contribution in [0.5, 0.6) is 23.3 Å². The molecule has 0 amide bonds. The summed E-state index contributed by atoms with van der Waals surface area (Å²) >= 11 is 6.44. The second kappa shape index (κ2) is 8.68. The fourth-order valence-corrected chi connectivity index (χ4v) is 2.22. The SMILES string of the molecule is COc1cnc(OC)c(Br)c1.COc1ncc(O)cc1Br. The summed E-state index contributed by atoms with van der Waals surface area (Å²) in [4.78, 5) is 7.75. The van der Waals surface area contributed by atoms with E-state index < -0.39 is 0 Å². The van der Waals surface area contributed by atoms with Crippen molar-refractivity contribution >= 4 is 31.9 Å². The number of rotatable bonds is 3. The number of methoxy groups -OCH3 is 3. The molecule has 0 saturated carbocycles. The van der Waals surface area contributed by atoms with Crippen LogP contribution in [0.4, 0.5) is 0 Å². The van der Waals surface area contributed by atoms with E-state index in [1.165, 1.54) is 19.4 Å². The van der Waals surface area contributed by atoms with Crippen LogP contribution in [0.1, 0.15) is 0 Å². The Hall–Kier alpha value is -1.54. The summed E-state index contributed by atoms with van der Waals surface area (Å²) in [6.45, 7) is 0. The van der Waals surface area contributed by atoms with Crippen molar-refractivity contribution in [3.8, 4) is 23.3 Å². The zero-order chi connectivity index (χ0) is 15.8. The molecular formula is C13H14Br2N2O4. The molecule has 0 saturated heterocycles. The van der Waals surface area contributed by atoms with Gasteiger partial charge in [0.05, 0.1) is 42.7 Å². The second-order valence-corrected chi connectivity index (χ2v) is 5.26. The minimum Gasteiger partial charge on any atom is -0.506 e. The van der Waals surface area contributed by atoms with Crippen molar-refractivity contribution in [1.82, 2.24) is 9.97 Å². The van der Waals surface area contributed by atoms with Crippen molar-refractivity contribution in [2.45, 2.75) is 0 Å². The van der Waals surface area contributed by atoms with Crippen molar-refractivity contribution < 1.29 is 19.3 Å². The topological polar surface area (TPSA) is 73.7 Å². The molecule has 2 rings (SSSR count). The van der Waals surface area contributed by atoms with Crippen molar-refractivity contribution in [3.05, 3.63) is 33.5 Å². The highest BCUT2D eigenvalue weighted by molar-refractivity contribution is 9.10. The number of ether oxygens (including phenoxy) is 3. The lowest BCUT2D eigenvalue weighted by Crippen LogP contribution is -1.90. The van der Waals surface area contributed by atoms with Gasteiger partial charge in [0.1, 0.15) is 11.5 Å². The number of hydrogen-bond donors (Lipinski definition) is 1. The number of aromatic nitrogens is 2. The Morgan fingerprint density at radius 1 is 0.857 bits per heavy atom. The predicted molar refractivity (Wildman–Crippen MR) is 85.2 cm³/mol. The van der Waals surface area contributed by atoms with E-state index in [0.717, 1.165) is 4.47 Å². The molecule has 114 valence electrons. The normalized spacial score (nSPS) is 9.38. The quantitative estimate of drug-likeness (QED) is 0.818.